The van der Waals surface area contributed by atoms with Crippen molar-refractivity contribution in [2.24, 2.45) is 7.05 Å². The number of nitrogens with zero attached hydrogens (tertiary/aromatic N) is 4. The van der Waals surface area contributed by atoms with Crippen LogP contribution in [0.1, 0.15) is 0 Å². The van der Waals surface area contributed by atoms with Gasteiger partial charge in [-0.3, -0.25) is 4.68 Å². The molecule has 116 valence electrons. The van der Waals surface area contributed by atoms with E-state index < -0.39 is 8.07 Å². The summed E-state index contributed by atoms with van der Waals surface area (Å²) in [5.41, 5.74) is 6.36. The maximum atomic E-state index is 5.89. The molecule has 21 heavy (non-hydrogen) atoms. The fourth-order valence-electron chi connectivity index (χ4n) is 1.66. The van der Waals surface area contributed by atoms with Crippen LogP contribution in [-0.2, 0) is 18.5 Å². The number of aromatic nitrogens is 4. The lowest BCUT2D eigenvalue weighted by Gasteiger charge is -2.15. The first-order valence-corrected chi connectivity index (χ1v) is 10.6. The molecule has 0 bridgehead atoms. The normalized spacial score (nSPS) is 11.8. The lowest BCUT2D eigenvalue weighted by Crippen LogP contribution is -2.22. The number of nitrogens with two attached hydrogens (primary N) is 1. The minimum atomic E-state index is -1.06. The summed E-state index contributed by atoms with van der Waals surface area (Å²) in [7, 11) is 0.758. The Morgan fingerprint density at radius 3 is 2.67 bits per heavy atom. The van der Waals surface area contributed by atoms with Gasteiger partial charge in [0.1, 0.15) is 12.4 Å². The lowest BCUT2D eigenvalue weighted by molar-refractivity contribution is 0.0779. The van der Waals surface area contributed by atoms with Gasteiger partial charge in [-0.15, -0.1) is 5.10 Å². The quantitative estimate of drug-likeness (QED) is 0.627. The highest BCUT2D eigenvalue weighted by Crippen LogP contribution is 2.24. The van der Waals surface area contributed by atoms with Crippen LogP contribution in [0.15, 0.2) is 18.6 Å². The zero-order valence-electron chi connectivity index (χ0n) is 13.0. The van der Waals surface area contributed by atoms with E-state index in [0.717, 1.165) is 12.7 Å². The average molecular weight is 309 g/mol. The van der Waals surface area contributed by atoms with E-state index in [1.54, 1.807) is 28.0 Å². The van der Waals surface area contributed by atoms with Gasteiger partial charge in [-0.1, -0.05) is 19.6 Å². The minimum Gasteiger partial charge on any atom is -0.433 e. The first kappa shape index (κ1) is 15.6. The third-order valence-electron chi connectivity index (χ3n) is 2.87. The molecule has 0 aliphatic heterocycles. The molecule has 2 rings (SSSR count). The third-order valence-corrected chi connectivity index (χ3v) is 4.57. The SMILES string of the molecule is Cn1cc(Oc2nn(COCC[Si](C)(C)C)cc2N)cn1. The molecule has 0 aliphatic carbocycles. The zero-order valence-corrected chi connectivity index (χ0v) is 14.0. The first-order valence-electron chi connectivity index (χ1n) is 6.91. The summed E-state index contributed by atoms with van der Waals surface area (Å²) in [4.78, 5) is 0. The van der Waals surface area contributed by atoms with Gasteiger partial charge in [0.15, 0.2) is 5.75 Å². The summed E-state index contributed by atoms with van der Waals surface area (Å²) in [6.07, 6.45) is 5.08. The molecule has 8 heteroatoms. The van der Waals surface area contributed by atoms with Gasteiger partial charge in [-0.2, -0.15) is 5.10 Å². The molecule has 0 radical (unpaired) electrons. The first-order chi connectivity index (χ1) is 9.83. The van der Waals surface area contributed by atoms with E-state index >= 15 is 0 Å². The molecule has 0 atom stereocenters. The second-order valence-electron chi connectivity index (χ2n) is 6.23. The average Bonchev–Trinajstić information content (AvgIpc) is 2.92. The van der Waals surface area contributed by atoms with Crippen LogP contribution < -0.4 is 10.5 Å². The molecular weight excluding hydrogens is 286 g/mol. The molecule has 0 saturated heterocycles. The van der Waals surface area contributed by atoms with E-state index in [-0.39, 0.29) is 0 Å². The van der Waals surface area contributed by atoms with Crippen molar-refractivity contribution in [3.8, 4) is 11.6 Å². The molecule has 0 spiro atoms. The number of rotatable bonds is 7. The van der Waals surface area contributed by atoms with Crippen molar-refractivity contribution in [3.63, 3.8) is 0 Å². The minimum absolute atomic E-state index is 0.372. The maximum Gasteiger partial charge on any atom is 0.261 e. The van der Waals surface area contributed by atoms with Gasteiger partial charge < -0.3 is 15.2 Å². The highest BCUT2D eigenvalue weighted by molar-refractivity contribution is 6.76. The van der Waals surface area contributed by atoms with Crippen LogP contribution in [-0.4, -0.2) is 34.2 Å². The van der Waals surface area contributed by atoms with Crippen LogP contribution in [0.3, 0.4) is 0 Å². The molecular formula is C13H23N5O2Si. The fourth-order valence-corrected chi connectivity index (χ4v) is 2.42. The topological polar surface area (TPSA) is 80.1 Å². The van der Waals surface area contributed by atoms with Crippen molar-refractivity contribution in [2.75, 3.05) is 12.3 Å². The summed E-state index contributed by atoms with van der Waals surface area (Å²) < 4.78 is 14.5. The molecule has 7 nitrogen and oxygen atoms in total. The Kier molecular flexibility index (Phi) is 4.68. The Hall–Kier alpha value is -1.80. The number of hydrogen-bond acceptors (Lipinski definition) is 5. The molecule has 0 unspecified atom stereocenters. The van der Waals surface area contributed by atoms with E-state index in [2.05, 4.69) is 29.8 Å². The van der Waals surface area contributed by atoms with E-state index in [9.17, 15) is 0 Å². The molecule has 0 saturated carbocycles. The second kappa shape index (κ2) is 6.31. The molecule has 0 aromatic carbocycles. The van der Waals surface area contributed by atoms with E-state index in [1.165, 1.54) is 0 Å². The van der Waals surface area contributed by atoms with Crippen LogP contribution in [0.2, 0.25) is 25.7 Å². The molecule has 0 fully saturated rings. The highest BCUT2D eigenvalue weighted by atomic mass is 28.3. The Morgan fingerprint density at radius 2 is 2.05 bits per heavy atom. The predicted octanol–water partition coefficient (Wildman–Crippen LogP) is 2.30. The van der Waals surface area contributed by atoms with Crippen LogP contribution in [0, 0.1) is 0 Å². The molecule has 2 aromatic rings. The monoisotopic (exact) mass is 309 g/mol. The van der Waals surface area contributed by atoms with Crippen molar-refractivity contribution in [2.45, 2.75) is 32.4 Å². The third kappa shape index (κ3) is 4.90. The van der Waals surface area contributed by atoms with Gasteiger partial charge in [0.25, 0.3) is 5.88 Å². The molecule has 2 N–H and O–H groups in total. The lowest BCUT2D eigenvalue weighted by atomic mass is 10.5. The van der Waals surface area contributed by atoms with Gasteiger partial charge in [0.2, 0.25) is 0 Å². The number of anilines is 1. The largest absolute Gasteiger partial charge is 0.433 e. The van der Waals surface area contributed by atoms with Gasteiger partial charge in [0, 0.05) is 21.7 Å². The molecule has 2 aromatic heterocycles. The Labute approximate surface area is 125 Å². The van der Waals surface area contributed by atoms with E-state index in [1.807, 2.05) is 7.05 Å². The van der Waals surface area contributed by atoms with Crippen molar-refractivity contribution < 1.29 is 9.47 Å². The molecule has 0 aliphatic rings. The number of hydrogen-bond donors (Lipinski definition) is 1. The molecule has 2 heterocycles. The second-order valence-corrected chi connectivity index (χ2v) is 11.9. The van der Waals surface area contributed by atoms with E-state index in [0.29, 0.717) is 24.0 Å². The zero-order chi connectivity index (χ0) is 15.5. The Balaban J connectivity index is 1.87. The van der Waals surface area contributed by atoms with Gasteiger partial charge in [-0.05, 0) is 6.04 Å². The predicted molar refractivity (Wildman–Crippen MR) is 84.0 cm³/mol. The standard InChI is InChI=1S/C13H23N5O2Si/c1-17-8-11(7-15-17)20-13-12(14)9-18(16-13)10-19-5-6-21(2,3)4/h7-9H,5-6,10,14H2,1-4H3. The van der Waals surface area contributed by atoms with Gasteiger partial charge in [-0.25, -0.2) is 4.68 Å². The van der Waals surface area contributed by atoms with Crippen molar-refractivity contribution in [3.05, 3.63) is 18.6 Å². The fraction of sp³-hybridized carbons (Fsp3) is 0.538. The van der Waals surface area contributed by atoms with Crippen molar-refractivity contribution in [1.29, 1.82) is 0 Å². The van der Waals surface area contributed by atoms with E-state index in [4.69, 9.17) is 15.2 Å². The summed E-state index contributed by atoms with van der Waals surface area (Å²) >= 11 is 0. The number of ether oxygens (including phenoxy) is 2. The van der Waals surface area contributed by atoms with Gasteiger partial charge >= 0.3 is 0 Å². The number of nitrogen functional groups attached to an aromatic ring is 1. The van der Waals surface area contributed by atoms with Crippen LogP contribution in [0.4, 0.5) is 5.69 Å². The van der Waals surface area contributed by atoms with Crippen molar-refractivity contribution in [1.82, 2.24) is 19.6 Å². The summed E-state index contributed by atoms with van der Waals surface area (Å²) in [6, 6.07) is 1.13. The van der Waals surface area contributed by atoms with Crippen LogP contribution >= 0.6 is 0 Å². The number of aryl methyl sites for hydroxylation is 1. The van der Waals surface area contributed by atoms with Crippen molar-refractivity contribution >= 4 is 13.8 Å². The highest BCUT2D eigenvalue weighted by Gasteiger charge is 2.13. The van der Waals surface area contributed by atoms with Crippen LogP contribution in [0.25, 0.3) is 0 Å². The molecule has 0 amide bonds. The summed E-state index contributed by atoms with van der Waals surface area (Å²) in [6.45, 7) is 8.09. The summed E-state index contributed by atoms with van der Waals surface area (Å²) in [5.74, 6) is 0.978. The Bertz CT molecular complexity index is 588. The maximum absolute atomic E-state index is 5.89. The van der Waals surface area contributed by atoms with Gasteiger partial charge in [0.05, 0.1) is 18.6 Å². The smallest absolute Gasteiger partial charge is 0.261 e. The summed E-state index contributed by atoms with van der Waals surface area (Å²) in [5, 5.41) is 8.30. The Morgan fingerprint density at radius 1 is 1.29 bits per heavy atom. The van der Waals surface area contributed by atoms with Crippen LogP contribution in [0.5, 0.6) is 11.6 Å².